The van der Waals surface area contributed by atoms with Crippen molar-refractivity contribution in [2.24, 2.45) is 4.99 Å². The second-order valence-electron chi connectivity index (χ2n) is 5.76. The summed E-state index contributed by atoms with van der Waals surface area (Å²) in [4.78, 5) is 18.4. The van der Waals surface area contributed by atoms with Crippen LogP contribution in [0.4, 0.5) is 0 Å². The monoisotopic (exact) mass is 280 g/mol. The zero-order chi connectivity index (χ0) is 14.2. The van der Waals surface area contributed by atoms with Crippen molar-refractivity contribution in [3.05, 3.63) is 0 Å². The smallest absolute Gasteiger partial charge is 0.244 e. The molecule has 5 heteroatoms. The summed E-state index contributed by atoms with van der Waals surface area (Å²) < 4.78 is 0. The molecule has 20 heavy (non-hydrogen) atoms. The Morgan fingerprint density at radius 2 is 1.85 bits per heavy atom. The first-order valence-electron chi connectivity index (χ1n) is 8.12. The van der Waals surface area contributed by atoms with Gasteiger partial charge in [-0.1, -0.05) is 19.3 Å². The molecule has 2 N–H and O–H groups in total. The molecule has 114 valence electrons. The molecule has 0 atom stereocenters. The summed E-state index contributed by atoms with van der Waals surface area (Å²) >= 11 is 0. The lowest BCUT2D eigenvalue weighted by Gasteiger charge is -2.25. The number of hydrogen-bond donors (Lipinski definition) is 2. The van der Waals surface area contributed by atoms with Gasteiger partial charge in [0, 0.05) is 25.7 Å². The first kappa shape index (κ1) is 15.1. The van der Waals surface area contributed by atoms with Gasteiger partial charge in [-0.05, 0) is 32.6 Å². The van der Waals surface area contributed by atoms with E-state index in [2.05, 4.69) is 22.5 Å². The quantitative estimate of drug-likeness (QED) is 0.606. The average molecular weight is 280 g/mol. The van der Waals surface area contributed by atoms with Crippen LogP contribution in [0.5, 0.6) is 0 Å². The molecule has 2 aliphatic rings. The summed E-state index contributed by atoms with van der Waals surface area (Å²) in [5.74, 6) is 0.954. The molecule has 0 bridgehead atoms. The van der Waals surface area contributed by atoms with E-state index in [1.54, 1.807) is 0 Å². The third-order valence-electron chi connectivity index (χ3n) is 4.12. The Balaban J connectivity index is 1.82. The average Bonchev–Trinajstić information content (AvgIpc) is 3.00. The van der Waals surface area contributed by atoms with Crippen LogP contribution < -0.4 is 10.6 Å². The van der Waals surface area contributed by atoms with E-state index in [4.69, 9.17) is 0 Å². The zero-order valence-electron chi connectivity index (χ0n) is 12.7. The van der Waals surface area contributed by atoms with Crippen LogP contribution >= 0.6 is 0 Å². The SMILES string of the molecule is CCNC(=NCC(=O)N1CCCC1)NC1CCCCC1. The predicted molar refractivity (Wildman–Crippen MR) is 81.8 cm³/mol. The standard InChI is InChI=1S/C15H28N4O/c1-2-16-15(18-13-8-4-3-5-9-13)17-12-14(20)19-10-6-7-11-19/h13H,2-12H2,1H3,(H2,16,17,18). The van der Waals surface area contributed by atoms with E-state index in [9.17, 15) is 4.79 Å². The van der Waals surface area contributed by atoms with E-state index in [1.807, 2.05) is 4.90 Å². The highest BCUT2D eigenvalue weighted by Crippen LogP contribution is 2.17. The van der Waals surface area contributed by atoms with E-state index < -0.39 is 0 Å². The molecule has 2 rings (SSSR count). The highest BCUT2D eigenvalue weighted by molar-refractivity contribution is 5.85. The minimum Gasteiger partial charge on any atom is -0.357 e. The van der Waals surface area contributed by atoms with Gasteiger partial charge in [0.05, 0.1) is 0 Å². The van der Waals surface area contributed by atoms with Crippen molar-refractivity contribution in [2.45, 2.75) is 57.9 Å². The number of carbonyl (C=O) groups excluding carboxylic acids is 1. The molecule has 2 fully saturated rings. The molecule has 0 radical (unpaired) electrons. The number of aliphatic imine (C=N–C) groups is 1. The van der Waals surface area contributed by atoms with Gasteiger partial charge >= 0.3 is 0 Å². The van der Waals surface area contributed by atoms with Gasteiger partial charge in [-0.3, -0.25) is 4.79 Å². The molecule has 1 aliphatic carbocycles. The lowest BCUT2D eigenvalue weighted by Crippen LogP contribution is -2.44. The van der Waals surface area contributed by atoms with Crippen molar-refractivity contribution >= 4 is 11.9 Å². The summed E-state index contributed by atoms with van der Waals surface area (Å²) in [6, 6.07) is 0.517. The van der Waals surface area contributed by atoms with Gasteiger partial charge in [-0.15, -0.1) is 0 Å². The van der Waals surface area contributed by atoms with Crippen LogP contribution in [0.2, 0.25) is 0 Å². The van der Waals surface area contributed by atoms with Crippen LogP contribution in [0.25, 0.3) is 0 Å². The maximum Gasteiger partial charge on any atom is 0.244 e. The highest BCUT2D eigenvalue weighted by atomic mass is 16.2. The van der Waals surface area contributed by atoms with E-state index in [0.29, 0.717) is 6.04 Å². The summed E-state index contributed by atoms with van der Waals surface area (Å²) in [6.07, 6.45) is 8.63. The van der Waals surface area contributed by atoms with Crippen LogP contribution in [0.1, 0.15) is 51.9 Å². The molecular formula is C15H28N4O. The predicted octanol–water partition coefficient (Wildman–Crippen LogP) is 1.50. The fourth-order valence-corrected chi connectivity index (χ4v) is 2.97. The van der Waals surface area contributed by atoms with Crippen molar-refractivity contribution in [3.63, 3.8) is 0 Å². The Morgan fingerprint density at radius 3 is 2.50 bits per heavy atom. The summed E-state index contributed by atoms with van der Waals surface area (Å²) in [5, 5.41) is 6.71. The molecule has 0 aromatic rings. The number of amides is 1. The molecule has 5 nitrogen and oxygen atoms in total. The fraction of sp³-hybridized carbons (Fsp3) is 0.867. The molecule has 1 saturated carbocycles. The topological polar surface area (TPSA) is 56.7 Å². The van der Waals surface area contributed by atoms with Gasteiger partial charge in [0.1, 0.15) is 6.54 Å². The third kappa shape index (κ3) is 4.69. The Morgan fingerprint density at radius 1 is 1.15 bits per heavy atom. The van der Waals surface area contributed by atoms with Crippen LogP contribution in [-0.2, 0) is 4.79 Å². The molecule has 0 aromatic carbocycles. The lowest BCUT2D eigenvalue weighted by molar-refractivity contribution is -0.128. The first-order valence-corrected chi connectivity index (χ1v) is 8.12. The number of rotatable bonds is 4. The van der Waals surface area contributed by atoms with Crippen molar-refractivity contribution in [1.29, 1.82) is 0 Å². The van der Waals surface area contributed by atoms with Gasteiger partial charge in [-0.25, -0.2) is 4.99 Å². The number of nitrogens with zero attached hydrogens (tertiary/aromatic N) is 2. The van der Waals surface area contributed by atoms with Crippen LogP contribution in [0.15, 0.2) is 4.99 Å². The van der Waals surface area contributed by atoms with Gasteiger partial charge in [0.25, 0.3) is 0 Å². The lowest BCUT2D eigenvalue weighted by atomic mass is 9.96. The Hall–Kier alpha value is -1.26. The number of likely N-dealkylation sites (tertiary alicyclic amines) is 1. The number of carbonyl (C=O) groups is 1. The zero-order valence-corrected chi connectivity index (χ0v) is 12.7. The van der Waals surface area contributed by atoms with Crippen molar-refractivity contribution in [3.8, 4) is 0 Å². The molecule has 1 amide bonds. The second-order valence-corrected chi connectivity index (χ2v) is 5.76. The largest absolute Gasteiger partial charge is 0.357 e. The van der Waals surface area contributed by atoms with Gasteiger partial charge < -0.3 is 15.5 Å². The maximum absolute atomic E-state index is 12.0. The third-order valence-corrected chi connectivity index (χ3v) is 4.12. The minimum absolute atomic E-state index is 0.156. The van der Waals surface area contributed by atoms with Crippen LogP contribution in [-0.4, -0.2) is 49.0 Å². The molecule has 0 aromatic heterocycles. The van der Waals surface area contributed by atoms with E-state index in [1.165, 1.54) is 32.1 Å². The molecule has 0 unspecified atom stereocenters. The Kier molecular flexibility index (Phi) is 6.15. The van der Waals surface area contributed by atoms with Gasteiger partial charge in [0.15, 0.2) is 5.96 Å². The van der Waals surface area contributed by atoms with Crippen molar-refractivity contribution in [1.82, 2.24) is 15.5 Å². The minimum atomic E-state index is 0.156. The second kappa shape index (κ2) is 8.12. The van der Waals surface area contributed by atoms with Crippen molar-refractivity contribution < 1.29 is 4.79 Å². The van der Waals surface area contributed by atoms with Crippen LogP contribution in [0.3, 0.4) is 0 Å². The van der Waals surface area contributed by atoms with Crippen molar-refractivity contribution in [2.75, 3.05) is 26.2 Å². The van der Waals surface area contributed by atoms with Gasteiger partial charge in [0.2, 0.25) is 5.91 Å². The van der Waals surface area contributed by atoms with E-state index >= 15 is 0 Å². The number of nitrogens with one attached hydrogen (secondary N) is 2. The molecule has 0 spiro atoms. The summed E-state index contributed by atoms with van der Waals surface area (Å²) in [6.45, 7) is 4.96. The van der Waals surface area contributed by atoms with E-state index in [-0.39, 0.29) is 12.5 Å². The summed E-state index contributed by atoms with van der Waals surface area (Å²) in [5.41, 5.74) is 0. The van der Waals surface area contributed by atoms with E-state index in [0.717, 1.165) is 38.4 Å². The molecule has 1 aliphatic heterocycles. The first-order chi connectivity index (χ1) is 9.79. The normalized spacial score (nSPS) is 21.1. The maximum atomic E-state index is 12.0. The summed E-state index contributed by atoms with van der Waals surface area (Å²) in [7, 11) is 0. The molecule has 1 saturated heterocycles. The molecule has 1 heterocycles. The van der Waals surface area contributed by atoms with Crippen LogP contribution in [0, 0.1) is 0 Å². The number of hydrogen-bond acceptors (Lipinski definition) is 2. The number of guanidine groups is 1. The Bertz CT molecular complexity index is 331. The molecular weight excluding hydrogens is 252 g/mol. The van der Waals surface area contributed by atoms with Gasteiger partial charge in [-0.2, -0.15) is 0 Å². The fourth-order valence-electron chi connectivity index (χ4n) is 2.97. The highest BCUT2D eigenvalue weighted by Gasteiger charge is 2.18. The Labute approximate surface area is 122 Å².